The van der Waals surface area contributed by atoms with Crippen LogP contribution in [0, 0.1) is 5.92 Å². The average Bonchev–Trinajstić information content (AvgIpc) is 3.04. The van der Waals surface area contributed by atoms with Gasteiger partial charge >= 0.3 is 6.18 Å². The minimum absolute atomic E-state index is 0.167. The first-order valence-electron chi connectivity index (χ1n) is 10.8. The first kappa shape index (κ1) is 24.7. The normalized spacial score (nSPS) is 14.8. The van der Waals surface area contributed by atoms with Crippen LogP contribution in [0.2, 0.25) is 0 Å². The monoisotopic (exact) mass is 464 g/mol. The molecular weight excluding hydrogens is 433 g/mol. The number of nitrogens with one attached hydrogen (secondary N) is 1. The van der Waals surface area contributed by atoms with Gasteiger partial charge in [-0.2, -0.15) is 13.2 Å². The maximum absolute atomic E-state index is 13.6. The highest BCUT2D eigenvalue weighted by Crippen LogP contribution is 2.39. The van der Waals surface area contributed by atoms with Crippen molar-refractivity contribution in [2.45, 2.75) is 65.1 Å². The number of hydrogen-bond donors (Lipinski definition) is 1. The zero-order valence-electron chi connectivity index (χ0n) is 19.4. The Kier molecular flexibility index (Phi) is 7.03. The van der Waals surface area contributed by atoms with Gasteiger partial charge in [0.15, 0.2) is 0 Å². The van der Waals surface area contributed by atoms with Gasteiger partial charge in [0.2, 0.25) is 0 Å². The van der Waals surface area contributed by atoms with E-state index in [1.54, 1.807) is 12.1 Å². The minimum atomic E-state index is -4.42. The van der Waals surface area contributed by atoms with Gasteiger partial charge in [0.25, 0.3) is 0 Å². The third-order valence-corrected chi connectivity index (χ3v) is 7.00. The van der Waals surface area contributed by atoms with Crippen LogP contribution in [0.3, 0.4) is 0 Å². The molecule has 0 saturated heterocycles. The number of rotatable bonds is 6. The van der Waals surface area contributed by atoms with Crippen molar-refractivity contribution >= 4 is 22.3 Å². The molecule has 3 nitrogen and oxygen atoms in total. The molecule has 32 heavy (non-hydrogen) atoms. The maximum atomic E-state index is 13.6. The van der Waals surface area contributed by atoms with E-state index in [2.05, 4.69) is 23.1 Å². The Morgan fingerprint density at radius 2 is 1.69 bits per heavy atom. The zero-order valence-corrected chi connectivity index (χ0v) is 20.2. The molecule has 0 aliphatic carbocycles. The Morgan fingerprint density at radius 3 is 2.28 bits per heavy atom. The molecule has 174 valence electrons. The minimum Gasteiger partial charge on any atom is -0.598 e. The molecule has 1 N–H and O–H groups in total. The molecule has 7 heteroatoms. The van der Waals surface area contributed by atoms with Gasteiger partial charge in [0.05, 0.1) is 11.6 Å². The second-order valence-corrected chi connectivity index (χ2v) is 11.6. The van der Waals surface area contributed by atoms with Crippen molar-refractivity contribution in [3.8, 4) is 11.1 Å². The quantitative estimate of drug-likeness (QED) is 0.395. The van der Waals surface area contributed by atoms with Gasteiger partial charge in [-0.05, 0) is 62.4 Å². The van der Waals surface area contributed by atoms with E-state index >= 15 is 0 Å². The van der Waals surface area contributed by atoms with Crippen LogP contribution in [0.15, 0.2) is 48.7 Å². The summed E-state index contributed by atoms with van der Waals surface area (Å²) in [5.74, 6) is 0.358. The zero-order chi connectivity index (χ0) is 23.8. The first-order chi connectivity index (χ1) is 14.8. The largest absolute Gasteiger partial charge is 0.598 e. The van der Waals surface area contributed by atoms with Crippen LogP contribution in [-0.4, -0.2) is 13.9 Å². The van der Waals surface area contributed by atoms with E-state index < -0.39 is 27.8 Å². The van der Waals surface area contributed by atoms with E-state index in [0.29, 0.717) is 11.5 Å². The molecule has 0 fully saturated rings. The van der Waals surface area contributed by atoms with E-state index in [4.69, 9.17) is 0 Å². The Morgan fingerprint density at radius 1 is 1.03 bits per heavy atom. The Hall–Kier alpha value is -1.96. The van der Waals surface area contributed by atoms with Gasteiger partial charge in [-0.3, -0.25) is 0 Å². The SMILES string of the molecule is CC(C)Cn1cc([C@@H](C)N[S+]([O-])C(C)(C)C)c2ccc(-c3ccccc3C(F)(F)F)cc21. The summed E-state index contributed by atoms with van der Waals surface area (Å²) < 4.78 is 58.2. The predicted octanol–water partition coefficient (Wildman–Crippen LogP) is 7.10. The van der Waals surface area contributed by atoms with Gasteiger partial charge in [0.1, 0.15) is 4.75 Å². The van der Waals surface area contributed by atoms with Crippen LogP contribution in [0.5, 0.6) is 0 Å². The highest BCUT2D eigenvalue weighted by Gasteiger charge is 2.33. The van der Waals surface area contributed by atoms with E-state index in [1.807, 2.05) is 46.0 Å². The van der Waals surface area contributed by atoms with Crippen LogP contribution >= 0.6 is 0 Å². The summed E-state index contributed by atoms with van der Waals surface area (Å²) >= 11 is -1.24. The lowest BCUT2D eigenvalue weighted by atomic mass is 9.97. The number of fused-ring (bicyclic) bond motifs is 1. The standard InChI is InChI=1S/C25H31F3N2OS/c1-16(2)14-30-15-21(17(3)29-32(31)24(4,5)6)20-12-11-18(13-23(20)30)19-9-7-8-10-22(19)25(26,27)28/h7-13,15-17,29H,14H2,1-6H3/t17-,32?/m1/s1. The van der Waals surface area contributed by atoms with Gasteiger partial charge in [-0.1, -0.05) is 44.2 Å². The van der Waals surface area contributed by atoms with Crippen LogP contribution in [0.4, 0.5) is 13.2 Å². The molecule has 0 spiro atoms. The molecule has 1 unspecified atom stereocenters. The molecular formula is C25H31F3N2OS. The molecule has 0 radical (unpaired) electrons. The number of benzene rings is 2. The summed E-state index contributed by atoms with van der Waals surface area (Å²) in [5, 5.41) is 0.949. The van der Waals surface area contributed by atoms with Crippen LogP contribution in [0.25, 0.3) is 22.0 Å². The van der Waals surface area contributed by atoms with E-state index in [-0.39, 0.29) is 11.6 Å². The number of halogens is 3. The molecule has 0 amide bonds. The van der Waals surface area contributed by atoms with Crippen molar-refractivity contribution in [2.75, 3.05) is 0 Å². The van der Waals surface area contributed by atoms with Gasteiger partial charge in [-0.15, -0.1) is 4.72 Å². The molecule has 1 heterocycles. The first-order valence-corrected chi connectivity index (χ1v) is 11.9. The lowest BCUT2D eigenvalue weighted by Crippen LogP contribution is -2.40. The summed E-state index contributed by atoms with van der Waals surface area (Å²) in [5.41, 5.74) is 1.91. The molecule has 0 aliphatic heterocycles. The maximum Gasteiger partial charge on any atom is 0.417 e. The number of nitrogens with zero attached hydrogens (tertiary/aromatic N) is 1. The fraction of sp³-hybridized carbons (Fsp3) is 0.440. The van der Waals surface area contributed by atoms with Gasteiger partial charge < -0.3 is 9.12 Å². The molecule has 3 rings (SSSR count). The molecule has 0 saturated carbocycles. The van der Waals surface area contributed by atoms with Crippen molar-refractivity contribution in [1.29, 1.82) is 0 Å². The van der Waals surface area contributed by atoms with Gasteiger partial charge in [0, 0.05) is 35.0 Å². The Labute approximate surface area is 191 Å². The number of aromatic nitrogens is 1. The molecule has 0 aliphatic rings. The average molecular weight is 465 g/mol. The van der Waals surface area contributed by atoms with Crippen molar-refractivity contribution in [3.63, 3.8) is 0 Å². The molecule has 2 aromatic carbocycles. The second kappa shape index (κ2) is 9.12. The molecule has 0 bridgehead atoms. The third kappa shape index (κ3) is 5.33. The van der Waals surface area contributed by atoms with E-state index in [9.17, 15) is 17.7 Å². The molecule has 3 aromatic rings. The lowest BCUT2D eigenvalue weighted by molar-refractivity contribution is -0.137. The number of hydrogen-bond acceptors (Lipinski definition) is 2. The Balaban J connectivity index is 2.12. The summed E-state index contributed by atoms with van der Waals surface area (Å²) in [6.07, 6.45) is -2.40. The highest BCUT2D eigenvalue weighted by atomic mass is 32.2. The Bertz CT molecular complexity index is 1080. The second-order valence-electron chi connectivity index (χ2n) is 9.63. The highest BCUT2D eigenvalue weighted by molar-refractivity contribution is 7.90. The topological polar surface area (TPSA) is 40.0 Å². The van der Waals surface area contributed by atoms with Crippen molar-refractivity contribution in [2.24, 2.45) is 5.92 Å². The van der Waals surface area contributed by atoms with Crippen LogP contribution in [0.1, 0.15) is 58.7 Å². The summed E-state index contributed by atoms with van der Waals surface area (Å²) in [4.78, 5) is 0. The fourth-order valence-electron chi connectivity index (χ4n) is 3.76. The van der Waals surface area contributed by atoms with Crippen molar-refractivity contribution in [1.82, 2.24) is 9.29 Å². The van der Waals surface area contributed by atoms with Gasteiger partial charge in [-0.25, -0.2) is 0 Å². The van der Waals surface area contributed by atoms with Crippen molar-refractivity contribution in [3.05, 3.63) is 59.8 Å². The summed E-state index contributed by atoms with van der Waals surface area (Å²) in [6.45, 7) is 12.6. The third-order valence-electron chi connectivity index (χ3n) is 5.32. The number of alkyl halides is 3. The fourth-order valence-corrected chi connectivity index (χ4v) is 4.56. The summed E-state index contributed by atoms with van der Waals surface area (Å²) in [6, 6.07) is 10.9. The molecule has 1 aromatic heterocycles. The van der Waals surface area contributed by atoms with Crippen molar-refractivity contribution < 1.29 is 17.7 Å². The van der Waals surface area contributed by atoms with Crippen LogP contribution < -0.4 is 4.72 Å². The predicted molar refractivity (Wildman–Crippen MR) is 127 cm³/mol. The smallest absolute Gasteiger partial charge is 0.417 e. The lowest BCUT2D eigenvalue weighted by Gasteiger charge is -2.26. The van der Waals surface area contributed by atoms with Crippen LogP contribution in [-0.2, 0) is 24.1 Å². The molecule has 2 atom stereocenters. The van der Waals surface area contributed by atoms with E-state index in [0.717, 1.165) is 29.1 Å². The van der Waals surface area contributed by atoms with E-state index in [1.165, 1.54) is 12.1 Å². The summed E-state index contributed by atoms with van der Waals surface area (Å²) in [7, 11) is 0.